The molecule has 1 unspecified atom stereocenters. The molecule has 1 atom stereocenters. The molecule has 1 nitrogen and oxygen atoms in total. The van der Waals surface area contributed by atoms with E-state index in [2.05, 4.69) is 41.1 Å². The Bertz CT molecular complexity index is 554. The third kappa shape index (κ3) is 3.14. The van der Waals surface area contributed by atoms with Gasteiger partial charge < -0.3 is 5.73 Å². The largest absolute Gasteiger partial charge is 0.324 e. The van der Waals surface area contributed by atoms with E-state index < -0.39 is 0 Å². The molecule has 0 bridgehead atoms. The number of halogens is 2. The summed E-state index contributed by atoms with van der Waals surface area (Å²) in [5, 5.41) is 0.777. The Morgan fingerprint density at radius 3 is 2.61 bits per heavy atom. The summed E-state index contributed by atoms with van der Waals surface area (Å²) in [6, 6.07) is 14.0. The summed E-state index contributed by atoms with van der Waals surface area (Å²) in [7, 11) is 0. The second kappa shape index (κ2) is 5.87. The molecule has 2 aromatic rings. The van der Waals surface area contributed by atoms with E-state index >= 15 is 0 Å². The summed E-state index contributed by atoms with van der Waals surface area (Å²) >= 11 is 9.68. The Morgan fingerprint density at radius 2 is 1.94 bits per heavy atom. The smallest absolute Gasteiger partial charge is 0.0438 e. The SMILES string of the molecule is Cc1ccc(C(N)Cc2ccccc2Cl)cc1Br. The van der Waals surface area contributed by atoms with E-state index in [9.17, 15) is 0 Å². The van der Waals surface area contributed by atoms with Gasteiger partial charge in [0.25, 0.3) is 0 Å². The normalized spacial score (nSPS) is 12.4. The highest BCUT2D eigenvalue weighted by Gasteiger charge is 2.10. The molecule has 0 saturated heterocycles. The highest BCUT2D eigenvalue weighted by Crippen LogP contribution is 2.25. The maximum Gasteiger partial charge on any atom is 0.0438 e. The number of hydrogen-bond donors (Lipinski definition) is 1. The van der Waals surface area contributed by atoms with Gasteiger partial charge in [0.15, 0.2) is 0 Å². The molecule has 0 aliphatic heterocycles. The highest BCUT2D eigenvalue weighted by molar-refractivity contribution is 9.10. The van der Waals surface area contributed by atoms with E-state index in [-0.39, 0.29) is 6.04 Å². The Kier molecular flexibility index (Phi) is 4.44. The van der Waals surface area contributed by atoms with Crippen LogP contribution in [0.4, 0.5) is 0 Å². The topological polar surface area (TPSA) is 26.0 Å². The second-order valence-corrected chi connectivity index (χ2v) is 5.67. The third-order valence-corrected chi connectivity index (χ3v) is 4.24. The molecule has 0 radical (unpaired) electrons. The Labute approximate surface area is 121 Å². The average Bonchev–Trinajstić information content (AvgIpc) is 2.35. The summed E-state index contributed by atoms with van der Waals surface area (Å²) < 4.78 is 1.09. The van der Waals surface area contributed by atoms with Crippen LogP contribution >= 0.6 is 27.5 Å². The van der Waals surface area contributed by atoms with Crippen molar-refractivity contribution in [1.29, 1.82) is 0 Å². The fraction of sp³-hybridized carbons (Fsp3) is 0.200. The Balaban J connectivity index is 2.19. The Hall–Kier alpha value is -0.830. The molecule has 0 spiro atoms. The van der Waals surface area contributed by atoms with Crippen molar-refractivity contribution >= 4 is 27.5 Å². The van der Waals surface area contributed by atoms with E-state index in [1.807, 2.05) is 24.3 Å². The molecule has 0 amide bonds. The van der Waals surface area contributed by atoms with E-state index in [1.54, 1.807) is 0 Å². The lowest BCUT2D eigenvalue weighted by Crippen LogP contribution is -2.13. The van der Waals surface area contributed by atoms with Crippen molar-refractivity contribution in [3.8, 4) is 0 Å². The summed E-state index contributed by atoms with van der Waals surface area (Å²) in [5.41, 5.74) is 9.65. The van der Waals surface area contributed by atoms with Crippen LogP contribution in [0, 0.1) is 6.92 Å². The lowest BCUT2D eigenvalue weighted by molar-refractivity contribution is 0.721. The van der Waals surface area contributed by atoms with Gasteiger partial charge in [-0.1, -0.05) is 57.9 Å². The number of nitrogens with two attached hydrogens (primary N) is 1. The maximum absolute atomic E-state index is 6.24. The molecule has 0 aliphatic carbocycles. The van der Waals surface area contributed by atoms with Crippen molar-refractivity contribution in [2.75, 3.05) is 0 Å². The van der Waals surface area contributed by atoms with Gasteiger partial charge in [0.1, 0.15) is 0 Å². The van der Waals surface area contributed by atoms with Crippen LogP contribution in [-0.2, 0) is 6.42 Å². The van der Waals surface area contributed by atoms with Gasteiger partial charge in [-0.15, -0.1) is 0 Å². The molecule has 0 saturated carbocycles. The number of hydrogen-bond acceptors (Lipinski definition) is 1. The fourth-order valence-electron chi connectivity index (χ4n) is 1.86. The van der Waals surface area contributed by atoms with Crippen molar-refractivity contribution in [2.24, 2.45) is 5.73 Å². The zero-order chi connectivity index (χ0) is 13.1. The van der Waals surface area contributed by atoms with Gasteiger partial charge in [-0.3, -0.25) is 0 Å². The molecular weight excluding hydrogens is 310 g/mol. The summed E-state index contributed by atoms with van der Waals surface area (Å²) in [5.74, 6) is 0. The summed E-state index contributed by atoms with van der Waals surface area (Å²) in [4.78, 5) is 0. The van der Waals surface area contributed by atoms with Crippen LogP contribution in [0.15, 0.2) is 46.9 Å². The maximum atomic E-state index is 6.24. The van der Waals surface area contributed by atoms with Gasteiger partial charge in [0.05, 0.1) is 0 Å². The van der Waals surface area contributed by atoms with Crippen LogP contribution in [-0.4, -0.2) is 0 Å². The molecule has 3 heteroatoms. The zero-order valence-electron chi connectivity index (χ0n) is 10.2. The van der Waals surface area contributed by atoms with Crippen molar-refractivity contribution in [2.45, 2.75) is 19.4 Å². The minimum atomic E-state index is -0.0400. The molecule has 94 valence electrons. The average molecular weight is 325 g/mol. The van der Waals surface area contributed by atoms with E-state index in [0.717, 1.165) is 27.0 Å². The predicted octanol–water partition coefficient (Wildman–Crippen LogP) is 4.65. The van der Waals surface area contributed by atoms with Crippen molar-refractivity contribution in [3.05, 3.63) is 68.7 Å². The minimum Gasteiger partial charge on any atom is -0.324 e. The van der Waals surface area contributed by atoms with Gasteiger partial charge in [0.2, 0.25) is 0 Å². The summed E-state index contributed by atoms with van der Waals surface area (Å²) in [6.07, 6.45) is 0.745. The molecule has 2 rings (SSSR count). The van der Waals surface area contributed by atoms with E-state index in [1.165, 1.54) is 5.56 Å². The van der Waals surface area contributed by atoms with Crippen LogP contribution in [0.25, 0.3) is 0 Å². The number of benzene rings is 2. The molecule has 2 N–H and O–H groups in total. The van der Waals surface area contributed by atoms with Gasteiger partial charge in [-0.2, -0.15) is 0 Å². The molecule has 18 heavy (non-hydrogen) atoms. The van der Waals surface area contributed by atoms with Crippen LogP contribution in [0.3, 0.4) is 0 Å². The third-order valence-electron chi connectivity index (χ3n) is 3.02. The lowest BCUT2D eigenvalue weighted by atomic mass is 9.99. The minimum absolute atomic E-state index is 0.0400. The molecule has 0 aromatic heterocycles. The zero-order valence-corrected chi connectivity index (χ0v) is 12.5. The Morgan fingerprint density at radius 1 is 1.22 bits per heavy atom. The summed E-state index contributed by atoms with van der Waals surface area (Å²) in [6.45, 7) is 2.06. The molecule has 0 fully saturated rings. The van der Waals surface area contributed by atoms with E-state index in [0.29, 0.717) is 0 Å². The highest BCUT2D eigenvalue weighted by atomic mass is 79.9. The quantitative estimate of drug-likeness (QED) is 0.873. The molecule has 0 heterocycles. The van der Waals surface area contributed by atoms with Crippen molar-refractivity contribution in [3.63, 3.8) is 0 Å². The van der Waals surface area contributed by atoms with Crippen molar-refractivity contribution in [1.82, 2.24) is 0 Å². The molecule has 2 aromatic carbocycles. The van der Waals surface area contributed by atoms with Crippen molar-refractivity contribution < 1.29 is 0 Å². The van der Waals surface area contributed by atoms with Gasteiger partial charge in [0, 0.05) is 15.5 Å². The number of rotatable bonds is 3. The second-order valence-electron chi connectivity index (χ2n) is 4.41. The van der Waals surface area contributed by atoms with Gasteiger partial charge >= 0.3 is 0 Å². The predicted molar refractivity (Wildman–Crippen MR) is 81.0 cm³/mol. The van der Waals surface area contributed by atoms with Gasteiger partial charge in [-0.25, -0.2) is 0 Å². The van der Waals surface area contributed by atoms with Gasteiger partial charge in [-0.05, 0) is 42.2 Å². The standard InChI is InChI=1S/C15H15BrClN/c1-10-6-7-12(8-13(10)16)15(18)9-11-4-2-3-5-14(11)17/h2-8,15H,9,18H2,1H3. The first-order chi connectivity index (χ1) is 8.58. The monoisotopic (exact) mass is 323 g/mol. The van der Waals surface area contributed by atoms with Crippen LogP contribution in [0.2, 0.25) is 5.02 Å². The van der Waals surface area contributed by atoms with Crippen LogP contribution in [0.1, 0.15) is 22.7 Å². The molecule has 0 aliphatic rings. The van der Waals surface area contributed by atoms with Crippen LogP contribution in [0.5, 0.6) is 0 Å². The van der Waals surface area contributed by atoms with E-state index in [4.69, 9.17) is 17.3 Å². The van der Waals surface area contributed by atoms with Crippen LogP contribution < -0.4 is 5.73 Å². The first-order valence-corrected chi connectivity index (χ1v) is 7.00. The first kappa shape index (κ1) is 13.6. The number of aryl methyl sites for hydroxylation is 1. The fourth-order valence-corrected chi connectivity index (χ4v) is 2.47. The lowest BCUT2D eigenvalue weighted by Gasteiger charge is -2.14. The first-order valence-electron chi connectivity index (χ1n) is 5.83. The molecular formula is C15H15BrClN.